The predicted octanol–water partition coefficient (Wildman–Crippen LogP) is 1.28. The van der Waals surface area contributed by atoms with Crippen LogP contribution in [-0.2, 0) is 0 Å². The van der Waals surface area contributed by atoms with E-state index in [4.69, 9.17) is 4.74 Å². The monoisotopic (exact) mass is 331 g/mol. The van der Waals surface area contributed by atoms with Crippen LogP contribution in [0.5, 0.6) is 5.75 Å². The number of aromatic amines is 1. The van der Waals surface area contributed by atoms with Crippen LogP contribution in [0.2, 0.25) is 0 Å². The van der Waals surface area contributed by atoms with E-state index < -0.39 is 12.0 Å². The molecule has 0 bridgehead atoms. The minimum Gasteiger partial charge on any atom is -0.494 e. The fourth-order valence-electron chi connectivity index (χ4n) is 2.31. The van der Waals surface area contributed by atoms with Gasteiger partial charge < -0.3 is 19.7 Å². The molecule has 1 aromatic carbocycles. The van der Waals surface area contributed by atoms with Gasteiger partial charge in [0.1, 0.15) is 17.3 Å². The Hall–Kier alpha value is -2.67. The zero-order valence-electron chi connectivity index (χ0n) is 13.9. The van der Waals surface area contributed by atoms with Crippen LogP contribution in [-0.4, -0.2) is 46.1 Å². The molecule has 0 radical (unpaired) electrons. The fourth-order valence-corrected chi connectivity index (χ4v) is 2.31. The second-order valence-electron chi connectivity index (χ2n) is 5.42. The number of H-pyrrole nitrogens is 1. The van der Waals surface area contributed by atoms with Gasteiger partial charge in [-0.15, -0.1) is 0 Å². The van der Waals surface area contributed by atoms with Gasteiger partial charge in [0.25, 0.3) is 11.5 Å². The summed E-state index contributed by atoms with van der Waals surface area (Å²) in [5, 5.41) is 10.4. The van der Waals surface area contributed by atoms with Crippen LogP contribution in [0.15, 0.2) is 35.1 Å². The highest BCUT2D eigenvalue weighted by Crippen LogP contribution is 2.20. The molecule has 0 saturated carbocycles. The normalized spacial score (nSPS) is 11.8. The van der Waals surface area contributed by atoms with Gasteiger partial charge in [-0.1, -0.05) is 12.1 Å². The predicted molar refractivity (Wildman–Crippen MR) is 89.1 cm³/mol. The van der Waals surface area contributed by atoms with Crippen molar-refractivity contribution in [3.8, 4) is 5.75 Å². The van der Waals surface area contributed by atoms with Crippen molar-refractivity contribution >= 4 is 5.91 Å². The van der Waals surface area contributed by atoms with Crippen molar-refractivity contribution in [3.63, 3.8) is 0 Å². The van der Waals surface area contributed by atoms with Crippen LogP contribution < -0.4 is 10.3 Å². The zero-order chi connectivity index (χ0) is 17.7. The van der Waals surface area contributed by atoms with Gasteiger partial charge in [-0.05, 0) is 31.5 Å². The number of hydrogen-bond acceptors (Lipinski definition) is 5. The Morgan fingerprint density at radius 3 is 2.83 bits per heavy atom. The van der Waals surface area contributed by atoms with Crippen molar-refractivity contribution in [2.24, 2.45) is 0 Å². The van der Waals surface area contributed by atoms with Crippen LogP contribution in [0.1, 0.15) is 34.9 Å². The van der Waals surface area contributed by atoms with E-state index >= 15 is 0 Å². The smallest absolute Gasteiger partial charge is 0.272 e. The summed E-state index contributed by atoms with van der Waals surface area (Å²) in [7, 11) is 1.55. The van der Waals surface area contributed by atoms with Gasteiger partial charge in [-0.3, -0.25) is 9.59 Å². The molecule has 0 aliphatic rings. The number of carbonyl (C=O) groups excluding carboxylic acids is 1. The Kier molecular flexibility index (Phi) is 5.70. The largest absolute Gasteiger partial charge is 0.494 e. The fraction of sp³-hybridized carbons (Fsp3) is 0.353. The summed E-state index contributed by atoms with van der Waals surface area (Å²) in [6, 6.07) is 8.24. The molecular weight excluding hydrogens is 310 g/mol. The Morgan fingerprint density at radius 1 is 1.42 bits per heavy atom. The lowest BCUT2D eigenvalue weighted by molar-refractivity contribution is 0.0674. The first-order valence-corrected chi connectivity index (χ1v) is 7.65. The first-order valence-electron chi connectivity index (χ1n) is 7.65. The molecule has 0 saturated heterocycles. The molecular formula is C17H21N3O4. The number of aliphatic hydroxyl groups is 1. The third kappa shape index (κ3) is 4.42. The minimum atomic E-state index is -0.873. The third-order valence-corrected chi connectivity index (χ3v) is 3.43. The molecule has 2 rings (SSSR count). The second-order valence-corrected chi connectivity index (χ2v) is 5.42. The van der Waals surface area contributed by atoms with Crippen molar-refractivity contribution in [1.82, 2.24) is 14.9 Å². The number of nitrogens with one attached hydrogen (secondary N) is 1. The first kappa shape index (κ1) is 17.7. The van der Waals surface area contributed by atoms with E-state index in [1.807, 2.05) is 6.92 Å². The summed E-state index contributed by atoms with van der Waals surface area (Å²) < 4.78 is 5.40. The van der Waals surface area contributed by atoms with Crippen LogP contribution in [0, 0.1) is 6.92 Å². The van der Waals surface area contributed by atoms with Crippen molar-refractivity contribution < 1.29 is 14.6 Å². The highest BCUT2D eigenvalue weighted by atomic mass is 16.5. The number of ether oxygens (including phenoxy) is 1. The van der Waals surface area contributed by atoms with Crippen LogP contribution in [0.4, 0.5) is 0 Å². The number of likely N-dealkylation sites (N-methyl/N-ethyl adjacent to an activating group) is 1. The van der Waals surface area contributed by atoms with Gasteiger partial charge in [0.2, 0.25) is 0 Å². The van der Waals surface area contributed by atoms with Crippen molar-refractivity contribution in [2.75, 3.05) is 20.2 Å². The average molecular weight is 331 g/mol. The Labute approximate surface area is 139 Å². The molecule has 1 aromatic heterocycles. The Bertz CT molecular complexity index is 772. The lowest BCUT2D eigenvalue weighted by atomic mass is 10.1. The molecule has 0 aliphatic carbocycles. The van der Waals surface area contributed by atoms with Gasteiger partial charge in [-0.2, -0.15) is 0 Å². The molecule has 24 heavy (non-hydrogen) atoms. The van der Waals surface area contributed by atoms with E-state index in [0.29, 0.717) is 23.7 Å². The van der Waals surface area contributed by atoms with E-state index in [9.17, 15) is 14.7 Å². The number of hydrogen-bond donors (Lipinski definition) is 2. The molecule has 7 nitrogen and oxygen atoms in total. The molecule has 0 unspecified atom stereocenters. The van der Waals surface area contributed by atoms with Crippen LogP contribution in [0.3, 0.4) is 0 Å². The summed E-state index contributed by atoms with van der Waals surface area (Å²) in [6.07, 6.45) is -0.873. The molecule has 1 amide bonds. The maximum atomic E-state index is 12.4. The third-order valence-electron chi connectivity index (χ3n) is 3.43. The summed E-state index contributed by atoms with van der Waals surface area (Å²) in [5.41, 5.74) is 0.314. The maximum Gasteiger partial charge on any atom is 0.272 e. The molecule has 0 aliphatic heterocycles. The summed E-state index contributed by atoms with van der Waals surface area (Å²) >= 11 is 0. The molecule has 2 N–H and O–H groups in total. The van der Waals surface area contributed by atoms with Crippen molar-refractivity contribution in [3.05, 3.63) is 57.8 Å². The quantitative estimate of drug-likeness (QED) is 0.831. The van der Waals surface area contributed by atoms with E-state index in [1.165, 1.54) is 4.90 Å². The van der Waals surface area contributed by atoms with Gasteiger partial charge in [-0.25, -0.2) is 4.98 Å². The first-order chi connectivity index (χ1) is 11.4. The summed E-state index contributed by atoms with van der Waals surface area (Å²) in [4.78, 5) is 31.7. The van der Waals surface area contributed by atoms with Crippen molar-refractivity contribution in [1.29, 1.82) is 0 Å². The van der Waals surface area contributed by atoms with E-state index in [1.54, 1.807) is 38.2 Å². The standard InChI is InChI=1S/C17H21N3O4/c1-4-24-13-7-5-6-12(8-13)15(21)10-20(3)17(23)14-9-16(22)19-11(2)18-14/h5-9,15,21H,4,10H2,1-3H3,(H,18,19,22)/t15-/m1/s1. The zero-order valence-corrected chi connectivity index (χ0v) is 13.9. The van der Waals surface area contributed by atoms with Gasteiger partial charge in [0.05, 0.1) is 19.3 Å². The van der Waals surface area contributed by atoms with Crippen LogP contribution >= 0.6 is 0 Å². The SMILES string of the molecule is CCOc1cccc([C@H](O)CN(C)C(=O)c2cc(=O)[nH]c(C)n2)c1. The van der Waals surface area contributed by atoms with Crippen LogP contribution in [0.25, 0.3) is 0 Å². The van der Waals surface area contributed by atoms with Crippen molar-refractivity contribution in [2.45, 2.75) is 20.0 Å². The Balaban J connectivity index is 2.10. The average Bonchev–Trinajstić information content (AvgIpc) is 2.53. The molecule has 1 atom stereocenters. The highest BCUT2D eigenvalue weighted by molar-refractivity contribution is 5.92. The number of aliphatic hydroxyl groups excluding tert-OH is 1. The number of nitrogens with zero attached hydrogens (tertiary/aromatic N) is 2. The topological polar surface area (TPSA) is 95.5 Å². The molecule has 0 fully saturated rings. The highest BCUT2D eigenvalue weighted by Gasteiger charge is 2.19. The molecule has 1 heterocycles. The number of benzene rings is 1. The van der Waals surface area contributed by atoms with E-state index in [2.05, 4.69) is 9.97 Å². The second kappa shape index (κ2) is 7.74. The maximum absolute atomic E-state index is 12.4. The number of rotatable bonds is 6. The van der Waals surface area contributed by atoms with E-state index in [0.717, 1.165) is 6.07 Å². The van der Waals surface area contributed by atoms with E-state index in [-0.39, 0.29) is 17.8 Å². The minimum absolute atomic E-state index is 0.0500. The lowest BCUT2D eigenvalue weighted by Crippen LogP contribution is -2.32. The lowest BCUT2D eigenvalue weighted by Gasteiger charge is -2.21. The number of amides is 1. The van der Waals surface area contributed by atoms with Gasteiger partial charge >= 0.3 is 0 Å². The van der Waals surface area contributed by atoms with Gasteiger partial charge in [0, 0.05) is 13.1 Å². The molecule has 7 heteroatoms. The molecule has 0 spiro atoms. The Morgan fingerprint density at radius 2 is 2.17 bits per heavy atom. The number of aryl methyl sites for hydroxylation is 1. The summed E-state index contributed by atoms with van der Waals surface area (Å²) in [6.45, 7) is 4.09. The molecule has 128 valence electrons. The van der Waals surface area contributed by atoms with Gasteiger partial charge in [0.15, 0.2) is 0 Å². The number of aromatic nitrogens is 2. The summed E-state index contributed by atoms with van der Waals surface area (Å²) in [5.74, 6) is 0.600. The number of carbonyl (C=O) groups is 1. The molecule has 2 aromatic rings.